The summed E-state index contributed by atoms with van der Waals surface area (Å²) >= 11 is 0. The van der Waals surface area contributed by atoms with E-state index in [1.165, 1.54) is 0 Å². The molecule has 3 aliphatic rings. The zero-order valence-electron chi connectivity index (χ0n) is 12.8. The van der Waals surface area contributed by atoms with Gasteiger partial charge in [-0.3, -0.25) is 15.6 Å². The molecule has 124 valence electrons. The Labute approximate surface area is 134 Å². The van der Waals surface area contributed by atoms with E-state index in [-0.39, 0.29) is 24.5 Å². The quantitative estimate of drug-likeness (QED) is 0.698. The summed E-state index contributed by atoms with van der Waals surface area (Å²) < 4.78 is 11.1. The maximum Gasteiger partial charge on any atom is 0.254 e. The third kappa shape index (κ3) is 2.65. The summed E-state index contributed by atoms with van der Waals surface area (Å²) in [7, 11) is 0. The van der Waals surface area contributed by atoms with Gasteiger partial charge in [-0.05, 0) is 24.6 Å². The summed E-state index contributed by atoms with van der Waals surface area (Å²) in [5.41, 5.74) is 6.95. The minimum absolute atomic E-state index is 0.00372. The number of amides is 1. The maximum atomic E-state index is 12.8. The normalized spacial score (nSPS) is 29.3. The zero-order valence-corrected chi connectivity index (χ0v) is 12.8. The molecule has 1 aromatic rings. The number of ether oxygens (including phenoxy) is 2. The van der Waals surface area contributed by atoms with Crippen molar-refractivity contribution in [2.75, 3.05) is 32.9 Å². The molecule has 0 aliphatic carbocycles. The highest BCUT2D eigenvalue weighted by Gasteiger charge is 2.40. The first kappa shape index (κ1) is 14.7. The number of aliphatic hydroxyl groups excluding tert-OH is 1. The first-order chi connectivity index (χ1) is 11.3. The number of carbonyl (C=O) groups excluding carboxylic acids is 1. The SMILES string of the molecule is O=C(c1ccc2c(c1)OCCO2)N1CCC2NNC(CO)C2C1. The van der Waals surface area contributed by atoms with Crippen molar-refractivity contribution in [1.29, 1.82) is 0 Å². The second-order valence-electron chi connectivity index (χ2n) is 6.25. The standard InChI is InChI=1S/C16H21N3O4/c20-9-13-11-8-19(4-3-12(11)17-18-13)16(21)10-1-2-14-15(7-10)23-6-5-22-14/h1-2,7,11-13,17-18,20H,3-6,8-9H2. The lowest BCUT2D eigenvalue weighted by Gasteiger charge is -2.36. The molecule has 1 aromatic carbocycles. The van der Waals surface area contributed by atoms with Crippen molar-refractivity contribution in [2.24, 2.45) is 5.92 Å². The van der Waals surface area contributed by atoms with Crippen LogP contribution in [0.25, 0.3) is 0 Å². The van der Waals surface area contributed by atoms with Gasteiger partial charge in [-0.2, -0.15) is 0 Å². The number of aliphatic hydroxyl groups is 1. The van der Waals surface area contributed by atoms with Crippen molar-refractivity contribution in [3.05, 3.63) is 23.8 Å². The molecule has 0 saturated carbocycles. The lowest BCUT2D eigenvalue weighted by Crippen LogP contribution is -2.49. The van der Waals surface area contributed by atoms with Crippen LogP contribution in [0.4, 0.5) is 0 Å². The fourth-order valence-electron chi connectivity index (χ4n) is 3.61. The average molecular weight is 319 g/mol. The van der Waals surface area contributed by atoms with E-state index in [1.54, 1.807) is 18.2 Å². The van der Waals surface area contributed by atoms with Crippen LogP contribution in [-0.4, -0.2) is 60.9 Å². The van der Waals surface area contributed by atoms with Crippen molar-refractivity contribution in [1.82, 2.24) is 15.8 Å². The van der Waals surface area contributed by atoms with E-state index in [4.69, 9.17) is 9.47 Å². The van der Waals surface area contributed by atoms with Crippen LogP contribution in [0.1, 0.15) is 16.8 Å². The minimum Gasteiger partial charge on any atom is -0.486 e. The zero-order chi connectivity index (χ0) is 15.8. The Hall–Kier alpha value is -1.83. The second kappa shape index (κ2) is 5.99. The number of hydrazine groups is 1. The van der Waals surface area contributed by atoms with Crippen LogP contribution in [0.3, 0.4) is 0 Å². The summed E-state index contributed by atoms with van der Waals surface area (Å²) in [5, 5.41) is 9.44. The van der Waals surface area contributed by atoms with Crippen LogP contribution in [0.2, 0.25) is 0 Å². The van der Waals surface area contributed by atoms with Gasteiger partial charge in [-0.25, -0.2) is 0 Å². The molecule has 0 aromatic heterocycles. The fourth-order valence-corrected chi connectivity index (χ4v) is 3.61. The molecule has 3 atom stereocenters. The van der Waals surface area contributed by atoms with Crippen LogP contribution in [0.5, 0.6) is 11.5 Å². The van der Waals surface area contributed by atoms with Crippen molar-refractivity contribution in [3.8, 4) is 11.5 Å². The Kier molecular flexibility index (Phi) is 3.84. The number of fused-ring (bicyclic) bond motifs is 2. The summed E-state index contributed by atoms with van der Waals surface area (Å²) in [6.07, 6.45) is 0.879. The van der Waals surface area contributed by atoms with E-state index in [1.807, 2.05) is 4.90 Å². The molecule has 3 N–H and O–H groups in total. The largest absolute Gasteiger partial charge is 0.486 e. The summed E-state index contributed by atoms with van der Waals surface area (Å²) in [6.45, 7) is 2.47. The molecule has 0 radical (unpaired) electrons. The Balaban J connectivity index is 1.50. The van der Waals surface area contributed by atoms with Gasteiger partial charge in [0.05, 0.1) is 12.6 Å². The van der Waals surface area contributed by atoms with E-state index in [9.17, 15) is 9.90 Å². The number of hydrogen-bond donors (Lipinski definition) is 3. The molecule has 2 fully saturated rings. The first-order valence-corrected chi connectivity index (χ1v) is 8.07. The third-order valence-electron chi connectivity index (χ3n) is 4.90. The van der Waals surface area contributed by atoms with Crippen molar-refractivity contribution in [3.63, 3.8) is 0 Å². The van der Waals surface area contributed by atoms with Crippen molar-refractivity contribution < 1.29 is 19.4 Å². The molecular weight excluding hydrogens is 298 g/mol. The number of likely N-dealkylation sites (tertiary alicyclic amines) is 1. The van der Waals surface area contributed by atoms with Gasteiger partial charge in [0.2, 0.25) is 0 Å². The van der Waals surface area contributed by atoms with E-state index >= 15 is 0 Å². The van der Waals surface area contributed by atoms with Crippen LogP contribution in [-0.2, 0) is 0 Å². The molecule has 3 unspecified atom stereocenters. The molecule has 4 rings (SSSR count). The van der Waals surface area contributed by atoms with Gasteiger partial charge in [-0.1, -0.05) is 0 Å². The van der Waals surface area contributed by atoms with Crippen LogP contribution in [0, 0.1) is 5.92 Å². The summed E-state index contributed by atoms with van der Waals surface area (Å²) in [4.78, 5) is 14.7. The van der Waals surface area contributed by atoms with E-state index in [0.717, 1.165) is 6.42 Å². The van der Waals surface area contributed by atoms with E-state index in [2.05, 4.69) is 10.9 Å². The predicted molar refractivity (Wildman–Crippen MR) is 82.4 cm³/mol. The molecule has 0 spiro atoms. The molecule has 0 bridgehead atoms. The van der Waals surface area contributed by atoms with Gasteiger partial charge in [-0.15, -0.1) is 0 Å². The smallest absolute Gasteiger partial charge is 0.254 e. The van der Waals surface area contributed by atoms with Gasteiger partial charge in [0, 0.05) is 30.6 Å². The van der Waals surface area contributed by atoms with Crippen molar-refractivity contribution >= 4 is 5.91 Å². The highest BCUT2D eigenvalue weighted by molar-refractivity contribution is 5.95. The lowest BCUT2D eigenvalue weighted by molar-refractivity contribution is 0.0635. The highest BCUT2D eigenvalue weighted by Crippen LogP contribution is 2.32. The predicted octanol–water partition coefficient (Wildman–Crippen LogP) is -0.243. The van der Waals surface area contributed by atoms with Gasteiger partial charge in [0.1, 0.15) is 13.2 Å². The molecule has 1 amide bonds. The number of benzene rings is 1. The third-order valence-corrected chi connectivity index (χ3v) is 4.90. The molecule has 3 aliphatic heterocycles. The number of rotatable bonds is 2. The number of nitrogens with zero attached hydrogens (tertiary/aromatic N) is 1. The number of hydrogen-bond acceptors (Lipinski definition) is 6. The van der Waals surface area contributed by atoms with Gasteiger partial charge >= 0.3 is 0 Å². The fraction of sp³-hybridized carbons (Fsp3) is 0.562. The molecule has 23 heavy (non-hydrogen) atoms. The topological polar surface area (TPSA) is 83.1 Å². The van der Waals surface area contributed by atoms with Gasteiger partial charge in [0.15, 0.2) is 11.5 Å². The Morgan fingerprint density at radius 1 is 1.26 bits per heavy atom. The first-order valence-electron chi connectivity index (χ1n) is 8.07. The van der Waals surface area contributed by atoms with Gasteiger partial charge in [0.25, 0.3) is 5.91 Å². The van der Waals surface area contributed by atoms with Crippen LogP contribution >= 0.6 is 0 Å². The number of nitrogens with one attached hydrogen (secondary N) is 2. The number of carbonyl (C=O) groups is 1. The molecular formula is C16H21N3O4. The molecule has 2 saturated heterocycles. The Bertz CT molecular complexity index is 603. The highest BCUT2D eigenvalue weighted by atomic mass is 16.6. The molecule has 7 heteroatoms. The number of piperidine rings is 1. The Morgan fingerprint density at radius 3 is 2.91 bits per heavy atom. The lowest BCUT2D eigenvalue weighted by atomic mass is 9.88. The van der Waals surface area contributed by atoms with Gasteiger partial charge < -0.3 is 19.5 Å². The summed E-state index contributed by atoms with van der Waals surface area (Å²) in [6, 6.07) is 5.66. The summed E-state index contributed by atoms with van der Waals surface area (Å²) in [5.74, 6) is 1.56. The molecule has 7 nitrogen and oxygen atoms in total. The van der Waals surface area contributed by atoms with E-state index in [0.29, 0.717) is 49.4 Å². The minimum atomic E-state index is -0.00383. The Morgan fingerprint density at radius 2 is 2.09 bits per heavy atom. The van der Waals surface area contributed by atoms with Crippen LogP contribution < -0.4 is 20.3 Å². The average Bonchev–Trinajstić information content (AvgIpc) is 3.03. The van der Waals surface area contributed by atoms with E-state index < -0.39 is 0 Å². The monoisotopic (exact) mass is 319 g/mol. The van der Waals surface area contributed by atoms with Crippen molar-refractivity contribution in [2.45, 2.75) is 18.5 Å². The maximum absolute atomic E-state index is 12.8. The molecule has 3 heterocycles. The second-order valence-corrected chi connectivity index (χ2v) is 6.25. The van der Waals surface area contributed by atoms with Crippen LogP contribution in [0.15, 0.2) is 18.2 Å².